The van der Waals surface area contributed by atoms with Crippen LogP contribution in [0.5, 0.6) is 0 Å². The van der Waals surface area contributed by atoms with Crippen molar-refractivity contribution in [3.63, 3.8) is 0 Å². The van der Waals surface area contributed by atoms with Crippen LogP contribution < -0.4 is 0 Å². The molecule has 3 nitrogen and oxygen atoms in total. The molecule has 0 unspecified atom stereocenters. The van der Waals surface area contributed by atoms with Gasteiger partial charge in [0, 0.05) is 13.7 Å². The van der Waals surface area contributed by atoms with E-state index in [0.717, 1.165) is 19.4 Å². The van der Waals surface area contributed by atoms with Gasteiger partial charge in [-0.15, -0.1) is 0 Å². The van der Waals surface area contributed by atoms with Crippen molar-refractivity contribution in [2.24, 2.45) is 0 Å². The number of hydrogen-bond donors (Lipinski definition) is 0. The Morgan fingerprint density at radius 2 is 2.46 bits per heavy atom. The van der Waals surface area contributed by atoms with E-state index in [9.17, 15) is 4.79 Å². The Labute approximate surface area is 79.1 Å². The third kappa shape index (κ3) is 2.46. The zero-order valence-corrected chi connectivity index (χ0v) is 8.17. The Bertz CT molecular complexity index is 239. The van der Waals surface area contributed by atoms with Crippen molar-refractivity contribution in [1.82, 2.24) is 4.90 Å². The smallest absolute Gasteiger partial charge is 0.298 e. The van der Waals surface area contributed by atoms with Crippen molar-refractivity contribution in [2.45, 2.75) is 25.8 Å². The molecule has 0 spiro atoms. The third-order valence-corrected chi connectivity index (χ3v) is 2.23. The van der Waals surface area contributed by atoms with Crippen LogP contribution in [0.4, 0.5) is 0 Å². The van der Waals surface area contributed by atoms with Crippen LogP contribution in [0.25, 0.3) is 0 Å². The van der Waals surface area contributed by atoms with Gasteiger partial charge in [0.25, 0.3) is 5.91 Å². The van der Waals surface area contributed by atoms with Gasteiger partial charge in [0.1, 0.15) is 0 Å². The summed E-state index contributed by atoms with van der Waals surface area (Å²) in [7, 11) is 1.66. The van der Waals surface area contributed by atoms with Gasteiger partial charge in [-0.05, 0) is 25.7 Å². The molecule has 1 aliphatic heterocycles. The number of ether oxygens (including phenoxy) is 1. The molecule has 13 heavy (non-hydrogen) atoms. The van der Waals surface area contributed by atoms with Crippen LogP contribution in [-0.2, 0) is 9.53 Å². The number of amides is 1. The average Bonchev–Trinajstić information content (AvgIpc) is 2.54. The molecule has 1 fully saturated rings. The molecule has 1 saturated heterocycles. The number of nitrogens with zero attached hydrogens (tertiary/aromatic N) is 1. The summed E-state index contributed by atoms with van der Waals surface area (Å²) in [6.07, 6.45) is 2.09. The molecule has 1 amide bonds. The molecule has 0 aromatic carbocycles. The van der Waals surface area contributed by atoms with Crippen molar-refractivity contribution < 1.29 is 9.53 Å². The summed E-state index contributed by atoms with van der Waals surface area (Å²) >= 11 is 0. The second-order valence-corrected chi connectivity index (χ2v) is 3.12. The molecule has 0 aliphatic carbocycles. The quantitative estimate of drug-likeness (QED) is 0.585. The Hall–Kier alpha value is -1.01. The second-order valence-electron chi connectivity index (χ2n) is 3.12. The number of hydrogen-bond acceptors (Lipinski definition) is 2. The molecule has 3 heteroatoms. The number of carbonyl (C=O) groups is 1. The maximum absolute atomic E-state index is 11.4. The Kier molecular flexibility index (Phi) is 3.78. The van der Waals surface area contributed by atoms with Crippen molar-refractivity contribution in [3.8, 4) is 11.8 Å². The van der Waals surface area contributed by atoms with Gasteiger partial charge in [0.2, 0.25) is 0 Å². The molecule has 0 bridgehead atoms. The topological polar surface area (TPSA) is 29.5 Å². The summed E-state index contributed by atoms with van der Waals surface area (Å²) in [6.45, 7) is 3.12. The van der Waals surface area contributed by atoms with Gasteiger partial charge in [-0.1, -0.05) is 5.92 Å². The average molecular weight is 181 g/mol. The largest absolute Gasteiger partial charge is 0.383 e. The maximum atomic E-state index is 11.4. The van der Waals surface area contributed by atoms with E-state index < -0.39 is 0 Å². The zero-order chi connectivity index (χ0) is 9.68. The summed E-state index contributed by atoms with van der Waals surface area (Å²) in [4.78, 5) is 13.2. The molecule has 0 aromatic heterocycles. The van der Waals surface area contributed by atoms with Crippen LogP contribution in [-0.4, -0.2) is 37.1 Å². The molecule has 1 aliphatic rings. The van der Waals surface area contributed by atoms with Crippen LogP contribution in [0.3, 0.4) is 0 Å². The fourth-order valence-corrected chi connectivity index (χ4v) is 1.65. The molecule has 0 aromatic rings. The van der Waals surface area contributed by atoms with Crippen LogP contribution in [0.2, 0.25) is 0 Å². The highest BCUT2D eigenvalue weighted by molar-refractivity contribution is 5.93. The number of methoxy groups -OCH3 is 1. The second kappa shape index (κ2) is 4.88. The Morgan fingerprint density at radius 3 is 3.08 bits per heavy atom. The minimum Gasteiger partial charge on any atom is -0.383 e. The van der Waals surface area contributed by atoms with E-state index in [1.54, 1.807) is 18.9 Å². The molecule has 0 radical (unpaired) electrons. The molecular weight excluding hydrogens is 166 g/mol. The zero-order valence-electron chi connectivity index (χ0n) is 8.17. The molecule has 1 atom stereocenters. The van der Waals surface area contributed by atoms with Gasteiger partial charge in [-0.2, -0.15) is 0 Å². The molecule has 1 heterocycles. The lowest BCUT2D eigenvalue weighted by molar-refractivity contribution is -0.126. The lowest BCUT2D eigenvalue weighted by Crippen LogP contribution is -2.37. The predicted octanol–water partition coefficient (Wildman–Crippen LogP) is 0.647. The summed E-state index contributed by atoms with van der Waals surface area (Å²) in [5, 5.41) is 0. The molecule has 1 rings (SSSR count). The first-order valence-electron chi connectivity index (χ1n) is 4.52. The monoisotopic (exact) mass is 181 g/mol. The highest BCUT2D eigenvalue weighted by Crippen LogP contribution is 2.16. The van der Waals surface area contributed by atoms with Gasteiger partial charge >= 0.3 is 0 Å². The maximum Gasteiger partial charge on any atom is 0.298 e. The van der Waals surface area contributed by atoms with Crippen molar-refractivity contribution in [3.05, 3.63) is 0 Å². The van der Waals surface area contributed by atoms with E-state index in [2.05, 4.69) is 11.8 Å². The van der Waals surface area contributed by atoms with Crippen LogP contribution in [0.1, 0.15) is 19.8 Å². The molecule has 72 valence electrons. The van der Waals surface area contributed by atoms with E-state index >= 15 is 0 Å². The van der Waals surface area contributed by atoms with Crippen molar-refractivity contribution >= 4 is 5.91 Å². The standard InChI is InChI=1S/C10H15NO2/c1-3-5-10(12)11-7-4-6-9(11)8-13-2/h9H,4,6-8H2,1-2H3/t9-/m0/s1. The van der Waals surface area contributed by atoms with E-state index in [4.69, 9.17) is 4.74 Å². The van der Waals surface area contributed by atoms with Gasteiger partial charge in [0.05, 0.1) is 12.6 Å². The van der Waals surface area contributed by atoms with E-state index in [1.165, 1.54) is 0 Å². The Balaban J connectivity index is 2.55. The van der Waals surface area contributed by atoms with Crippen LogP contribution in [0.15, 0.2) is 0 Å². The van der Waals surface area contributed by atoms with Crippen molar-refractivity contribution in [2.75, 3.05) is 20.3 Å². The lowest BCUT2D eigenvalue weighted by atomic mass is 10.2. The van der Waals surface area contributed by atoms with Gasteiger partial charge in [-0.3, -0.25) is 4.79 Å². The van der Waals surface area contributed by atoms with Crippen LogP contribution in [0, 0.1) is 11.8 Å². The number of rotatable bonds is 2. The number of likely N-dealkylation sites (tertiary alicyclic amines) is 1. The molecular formula is C10H15NO2. The predicted molar refractivity (Wildman–Crippen MR) is 50.1 cm³/mol. The van der Waals surface area contributed by atoms with Gasteiger partial charge in [-0.25, -0.2) is 0 Å². The summed E-state index contributed by atoms with van der Waals surface area (Å²) in [6, 6.07) is 0.235. The normalized spacial score (nSPS) is 21.1. The SMILES string of the molecule is CC#CC(=O)N1CCC[C@H]1COC. The fourth-order valence-electron chi connectivity index (χ4n) is 1.65. The fraction of sp³-hybridized carbons (Fsp3) is 0.700. The van der Waals surface area contributed by atoms with E-state index in [0.29, 0.717) is 6.61 Å². The molecule has 0 saturated carbocycles. The first-order valence-corrected chi connectivity index (χ1v) is 4.52. The van der Waals surface area contributed by atoms with E-state index in [1.807, 2.05) is 0 Å². The Morgan fingerprint density at radius 1 is 1.69 bits per heavy atom. The third-order valence-electron chi connectivity index (χ3n) is 2.23. The first kappa shape index (κ1) is 10.1. The summed E-state index contributed by atoms with van der Waals surface area (Å²) < 4.78 is 5.04. The highest BCUT2D eigenvalue weighted by atomic mass is 16.5. The molecule has 0 N–H and O–H groups in total. The minimum atomic E-state index is -0.0675. The summed E-state index contributed by atoms with van der Waals surface area (Å²) in [5.41, 5.74) is 0. The van der Waals surface area contributed by atoms with Crippen LogP contribution >= 0.6 is 0 Å². The first-order chi connectivity index (χ1) is 6.29. The van der Waals surface area contributed by atoms with Gasteiger partial charge in [0.15, 0.2) is 0 Å². The minimum absolute atomic E-state index is 0.0675. The van der Waals surface area contributed by atoms with Crippen molar-refractivity contribution in [1.29, 1.82) is 0 Å². The highest BCUT2D eigenvalue weighted by Gasteiger charge is 2.27. The van der Waals surface area contributed by atoms with E-state index in [-0.39, 0.29) is 11.9 Å². The number of carbonyl (C=O) groups excluding carboxylic acids is 1. The summed E-state index contributed by atoms with van der Waals surface area (Å²) in [5.74, 6) is 5.11. The lowest BCUT2D eigenvalue weighted by Gasteiger charge is -2.21. The van der Waals surface area contributed by atoms with Gasteiger partial charge < -0.3 is 9.64 Å².